The molecule has 0 unspecified atom stereocenters. The van der Waals surface area contributed by atoms with Crippen LogP contribution in [-0.2, 0) is 32.6 Å². The minimum Gasteiger partial charge on any atom is -0.455 e. The highest BCUT2D eigenvalue weighted by molar-refractivity contribution is 5.94. The third-order valence-corrected chi connectivity index (χ3v) is 5.18. The van der Waals surface area contributed by atoms with Crippen molar-refractivity contribution < 1.29 is 14.3 Å². The Bertz CT molecular complexity index is 809. The predicted octanol–water partition coefficient (Wildman–Crippen LogP) is 3.39. The maximum absolute atomic E-state index is 12.4. The maximum atomic E-state index is 12.4. The van der Waals surface area contributed by atoms with E-state index < -0.39 is 5.41 Å². The summed E-state index contributed by atoms with van der Waals surface area (Å²) >= 11 is 0. The molecule has 0 bridgehead atoms. The molecule has 0 aliphatic heterocycles. The van der Waals surface area contributed by atoms with Crippen molar-refractivity contribution >= 4 is 17.6 Å². The molecule has 128 valence electrons. The number of benzene rings is 2. The van der Waals surface area contributed by atoms with Crippen molar-refractivity contribution in [2.45, 2.75) is 37.5 Å². The third-order valence-electron chi connectivity index (χ3n) is 5.18. The van der Waals surface area contributed by atoms with Crippen LogP contribution in [0.5, 0.6) is 0 Å². The summed E-state index contributed by atoms with van der Waals surface area (Å²) in [5, 5.41) is 2.82. The molecule has 2 aromatic rings. The first kappa shape index (κ1) is 15.9. The summed E-state index contributed by atoms with van der Waals surface area (Å²) in [4.78, 5) is 24.5. The van der Waals surface area contributed by atoms with Crippen LogP contribution in [0.25, 0.3) is 0 Å². The van der Waals surface area contributed by atoms with Gasteiger partial charge in [-0.3, -0.25) is 9.59 Å². The highest BCUT2D eigenvalue weighted by Crippen LogP contribution is 2.49. The average Bonchev–Trinajstić information content (AvgIpc) is 3.32. The van der Waals surface area contributed by atoms with Crippen molar-refractivity contribution in [2.75, 3.05) is 11.9 Å². The van der Waals surface area contributed by atoms with Crippen molar-refractivity contribution in [3.63, 3.8) is 0 Å². The molecule has 1 fully saturated rings. The van der Waals surface area contributed by atoms with E-state index in [1.807, 2.05) is 42.5 Å². The van der Waals surface area contributed by atoms with Gasteiger partial charge in [-0.15, -0.1) is 0 Å². The molecule has 4 nitrogen and oxygen atoms in total. The highest BCUT2D eigenvalue weighted by atomic mass is 16.5. The summed E-state index contributed by atoms with van der Waals surface area (Å²) in [6.45, 7) is -0.246. The minimum absolute atomic E-state index is 0.246. The number of fused-ring (bicyclic) bond motifs is 1. The number of aryl methyl sites for hydroxylation is 2. The van der Waals surface area contributed by atoms with E-state index in [0.29, 0.717) is 0 Å². The largest absolute Gasteiger partial charge is 0.455 e. The van der Waals surface area contributed by atoms with Gasteiger partial charge < -0.3 is 10.1 Å². The second-order valence-corrected chi connectivity index (χ2v) is 6.91. The number of nitrogens with one attached hydrogen (secondary N) is 1. The van der Waals surface area contributed by atoms with Crippen LogP contribution in [0.4, 0.5) is 5.69 Å². The van der Waals surface area contributed by atoms with E-state index in [9.17, 15) is 9.59 Å². The van der Waals surface area contributed by atoms with Crippen LogP contribution in [0.1, 0.15) is 36.0 Å². The number of esters is 1. The summed E-state index contributed by atoms with van der Waals surface area (Å²) in [5.74, 6) is -0.599. The zero-order chi connectivity index (χ0) is 17.3. The van der Waals surface area contributed by atoms with Crippen LogP contribution < -0.4 is 5.32 Å². The Morgan fingerprint density at radius 2 is 1.76 bits per heavy atom. The Morgan fingerprint density at radius 3 is 2.52 bits per heavy atom. The van der Waals surface area contributed by atoms with Gasteiger partial charge in [-0.25, -0.2) is 0 Å². The molecule has 0 saturated heterocycles. The second-order valence-electron chi connectivity index (χ2n) is 6.91. The van der Waals surface area contributed by atoms with E-state index >= 15 is 0 Å². The summed E-state index contributed by atoms with van der Waals surface area (Å²) in [6.07, 6.45) is 4.91. The maximum Gasteiger partial charge on any atom is 0.317 e. The number of anilines is 1. The van der Waals surface area contributed by atoms with E-state index in [2.05, 4.69) is 11.4 Å². The van der Waals surface area contributed by atoms with Crippen molar-refractivity contribution in [1.29, 1.82) is 0 Å². The predicted molar refractivity (Wildman–Crippen MR) is 95.4 cm³/mol. The number of amides is 1. The van der Waals surface area contributed by atoms with E-state index in [1.54, 1.807) is 0 Å². The van der Waals surface area contributed by atoms with Gasteiger partial charge in [0.15, 0.2) is 6.61 Å². The van der Waals surface area contributed by atoms with Gasteiger partial charge in [0.25, 0.3) is 5.91 Å². The number of carbonyl (C=O) groups is 2. The van der Waals surface area contributed by atoms with E-state index in [4.69, 9.17) is 4.74 Å². The standard InChI is InChI=1S/C21H21NO3/c23-19(22-18-10-9-15-5-4-6-16(15)13-18)14-25-20(24)21(11-12-21)17-7-2-1-3-8-17/h1-3,7-10,13H,4-6,11-12,14H2,(H,22,23). The SMILES string of the molecule is O=C(COC(=O)C1(c2ccccc2)CC1)Nc1ccc2c(c1)CCC2. The van der Waals surface area contributed by atoms with Crippen LogP contribution in [0.15, 0.2) is 48.5 Å². The van der Waals surface area contributed by atoms with E-state index in [-0.39, 0.29) is 18.5 Å². The van der Waals surface area contributed by atoms with Crippen molar-refractivity contribution in [1.82, 2.24) is 0 Å². The van der Waals surface area contributed by atoms with Gasteiger partial charge in [-0.2, -0.15) is 0 Å². The first-order valence-corrected chi connectivity index (χ1v) is 8.82. The van der Waals surface area contributed by atoms with Crippen LogP contribution in [0.2, 0.25) is 0 Å². The monoisotopic (exact) mass is 335 g/mol. The molecule has 1 amide bonds. The lowest BCUT2D eigenvalue weighted by atomic mass is 9.96. The number of hydrogen-bond donors (Lipinski definition) is 1. The highest BCUT2D eigenvalue weighted by Gasteiger charge is 2.52. The molecule has 0 atom stereocenters. The van der Waals surface area contributed by atoms with Gasteiger partial charge in [0.1, 0.15) is 0 Å². The second kappa shape index (κ2) is 6.36. The molecule has 4 heteroatoms. The molecule has 2 aromatic carbocycles. The van der Waals surface area contributed by atoms with E-state index in [1.165, 1.54) is 17.5 Å². The quantitative estimate of drug-likeness (QED) is 0.852. The van der Waals surface area contributed by atoms with Crippen molar-refractivity contribution in [3.8, 4) is 0 Å². The molecule has 1 saturated carbocycles. The lowest BCUT2D eigenvalue weighted by molar-refractivity contribution is -0.150. The van der Waals surface area contributed by atoms with Gasteiger partial charge in [0.05, 0.1) is 5.41 Å². The third kappa shape index (κ3) is 3.16. The van der Waals surface area contributed by atoms with Gasteiger partial charge in [-0.1, -0.05) is 36.4 Å². The Balaban J connectivity index is 1.34. The Kier molecular flexibility index (Phi) is 4.04. The smallest absolute Gasteiger partial charge is 0.317 e. The summed E-state index contributed by atoms with van der Waals surface area (Å²) in [6, 6.07) is 15.7. The fourth-order valence-electron chi connectivity index (χ4n) is 3.61. The molecular formula is C21H21NO3. The van der Waals surface area contributed by atoms with Gasteiger partial charge in [0, 0.05) is 5.69 Å². The van der Waals surface area contributed by atoms with Crippen molar-refractivity contribution in [2.24, 2.45) is 0 Å². The van der Waals surface area contributed by atoms with Gasteiger partial charge in [-0.05, 0) is 60.9 Å². The normalized spacial score (nSPS) is 16.8. The first-order chi connectivity index (χ1) is 12.2. The zero-order valence-corrected chi connectivity index (χ0v) is 14.1. The molecule has 0 radical (unpaired) electrons. The minimum atomic E-state index is -0.547. The number of hydrogen-bond acceptors (Lipinski definition) is 3. The van der Waals surface area contributed by atoms with Crippen LogP contribution >= 0.6 is 0 Å². The average molecular weight is 335 g/mol. The first-order valence-electron chi connectivity index (χ1n) is 8.82. The van der Waals surface area contributed by atoms with E-state index in [0.717, 1.165) is 36.9 Å². The molecule has 0 spiro atoms. The molecule has 1 N–H and O–H groups in total. The molecule has 2 aliphatic carbocycles. The fourth-order valence-corrected chi connectivity index (χ4v) is 3.61. The number of ether oxygens (including phenoxy) is 1. The van der Waals surface area contributed by atoms with Crippen LogP contribution in [0.3, 0.4) is 0 Å². The molecule has 25 heavy (non-hydrogen) atoms. The Hall–Kier alpha value is -2.62. The number of carbonyl (C=O) groups excluding carboxylic acids is 2. The lowest BCUT2D eigenvalue weighted by Crippen LogP contribution is -2.28. The topological polar surface area (TPSA) is 55.4 Å². The molecular weight excluding hydrogens is 314 g/mol. The van der Waals surface area contributed by atoms with Gasteiger partial charge in [0.2, 0.25) is 0 Å². The lowest BCUT2D eigenvalue weighted by Gasteiger charge is -2.15. The fraction of sp³-hybridized carbons (Fsp3) is 0.333. The van der Waals surface area contributed by atoms with Crippen LogP contribution in [0, 0.1) is 0 Å². The van der Waals surface area contributed by atoms with Gasteiger partial charge >= 0.3 is 5.97 Å². The number of rotatable bonds is 5. The van der Waals surface area contributed by atoms with Crippen LogP contribution in [-0.4, -0.2) is 18.5 Å². The molecule has 4 rings (SSSR count). The Morgan fingerprint density at radius 1 is 1.00 bits per heavy atom. The molecule has 2 aliphatic rings. The summed E-state index contributed by atoms with van der Waals surface area (Å²) in [5.41, 5.74) is 3.86. The molecule has 0 aromatic heterocycles. The van der Waals surface area contributed by atoms with Crippen molar-refractivity contribution in [3.05, 3.63) is 65.2 Å². The molecule has 0 heterocycles. The Labute approximate surface area is 147 Å². The summed E-state index contributed by atoms with van der Waals surface area (Å²) in [7, 11) is 0. The zero-order valence-electron chi connectivity index (χ0n) is 14.1. The summed E-state index contributed by atoms with van der Waals surface area (Å²) < 4.78 is 5.30.